The molecule has 2 aliphatic heterocycles. The molecule has 0 N–H and O–H groups in total. The van der Waals surface area contributed by atoms with E-state index in [0.29, 0.717) is 27.9 Å². The Hall–Kier alpha value is -6.74. The predicted octanol–water partition coefficient (Wildman–Crippen LogP) is 7.31. The molecule has 0 spiro atoms. The first-order valence-corrected chi connectivity index (χ1v) is 14.8. The second-order valence-corrected chi connectivity index (χ2v) is 11.4. The molecule has 1 aromatic heterocycles. The molecule has 222 valence electrons. The molecular weight excluding hydrogens is 592 g/mol. The molecule has 0 aliphatic carbocycles. The Labute approximate surface area is 266 Å². The summed E-state index contributed by atoms with van der Waals surface area (Å²) >= 11 is 0. The number of hydrogen-bond acceptors (Lipinski definition) is 7. The van der Waals surface area contributed by atoms with E-state index < -0.39 is 23.6 Å². The van der Waals surface area contributed by atoms with Gasteiger partial charge < -0.3 is 4.42 Å². The van der Waals surface area contributed by atoms with E-state index in [0.717, 1.165) is 26.4 Å². The zero-order chi connectivity index (χ0) is 31.8. The van der Waals surface area contributed by atoms with Crippen LogP contribution in [0.5, 0.6) is 0 Å². The molecule has 3 heterocycles. The quantitative estimate of drug-likeness (QED) is 0.151. The molecule has 0 saturated carbocycles. The smallest absolute Gasteiger partial charge is 0.332 e. The van der Waals surface area contributed by atoms with Crippen LogP contribution in [0, 0.1) is 0 Å². The number of hydrogen-bond donors (Lipinski definition) is 0. The third-order valence-electron chi connectivity index (χ3n) is 8.70. The van der Waals surface area contributed by atoms with Crippen molar-refractivity contribution in [1.82, 2.24) is 10.2 Å². The van der Waals surface area contributed by atoms with Gasteiger partial charge in [-0.1, -0.05) is 71.8 Å². The van der Waals surface area contributed by atoms with Crippen LogP contribution in [0.15, 0.2) is 126 Å². The van der Waals surface area contributed by atoms with Gasteiger partial charge in [0.1, 0.15) is 0 Å². The summed E-state index contributed by atoms with van der Waals surface area (Å²) in [5, 5.41) is 11.7. The van der Waals surface area contributed by atoms with Crippen molar-refractivity contribution in [1.29, 1.82) is 0 Å². The van der Waals surface area contributed by atoms with Crippen molar-refractivity contribution in [2.75, 3.05) is 9.80 Å². The number of carbonyl (C=O) groups is 4. The Morgan fingerprint density at radius 3 is 1.72 bits per heavy atom. The SMILES string of the molecule is O=C1c2ccc(-c3ccc4c(c3)C(=O)N(c3cccc5cc6ccccc6cc35)C4=O)cc2C(=O)N1c1nnc(-c2ccccc2)o1. The lowest BCUT2D eigenvalue weighted by atomic mass is 9.97. The lowest BCUT2D eigenvalue weighted by Crippen LogP contribution is -2.29. The number of rotatable bonds is 4. The number of anilines is 2. The minimum atomic E-state index is -0.600. The topological polar surface area (TPSA) is 114 Å². The van der Waals surface area contributed by atoms with Crippen molar-refractivity contribution < 1.29 is 23.6 Å². The molecule has 7 aromatic rings. The average Bonchev–Trinajstić information content (AvgIpc) is 3.76. The van der Waals surface area contributed by atoms with Crippen LogP contribution in [-0.4, -0.2) is 33.8 Å². The molecule has 9 rings (SSSR count). The molecule has 9 heteroatoms. The highest BCUT2D eigenvalue weighted by Gasteiger charge is 2.41. The zero-order valence-electron chi connectivity index (χ0n) is 24.4. The molecule has 0 fully saturated rings. The normalized spacial score (nSPS) is 14.0. The zero-order valence-corrected chi connectivity index (χ0v) is 24.4. The monoisotopic (exact) mass is 612 g/mol. The minimum absolute atomic E-state index is 0.166. The summed E-state index contributed by atoms with van der Waals surface area (Å²) < 4.78 is 5.70. The lowest BCUT2D eigenvalue weighted by Gasteiger charge is -2.17. The van der Waals surface area contributed by atoms with E-state index in [1.165, 1.54) is 4.90 Å². The Morgan fingerprint density at radius 1 is 0.447 bits per heavy atom. The van der Waals surface area contributed by atoms with Crippen LogP contribution in [0.4, 0.5) is 11.7 Å². The van der Waals surface area contributed by atoms with Crippen molar-refractivity contribution in [2.45, 2.75) is 0 Å². The molecule has 0 bridgehead atoms. The Kier molecular flexibility index (Phi) is 5.60. The molecule has 0 saturated heterocycles. The fourth-order valence-corrected chi connectivity index (χ4v) is 6.38. The Morgan fingerprint density at radius 2 is 1.02 bits per heavy atom. The van der Waals surface area contributed by atoms with Crippen molar-refractivity contribution in [3.05, 3.63) is 144 Å². The number of amides is 4. The highest BCUT2D eigenvalue weighted by molar-refractivity contribution is 6.36. The van der Waals surface area contributed by atoms with E-state index in [-0.39, 0.29) is 28.6 Å². The van der Waals surface area contributed by atoms with Crippen LogP contribution in [0.1, 0.15) is 41.4 Å². The second kappa shape index (κ2) is 9.88. The molecule has 0 unspecified atom stereocenters. The van der Waals surface area contributed by atoms with Crippen LogP contribution in [0.25, 0.3) is 44.1 Å². The van der Waals surface area contributed by atoms with E-state index >= 15 is 0 Å². The van der Waals surface area contributed by atoms with Gasteiger partial charge in [0.2, 0.25) is 5.89 Å². The van der Waals surface area contributed by atoms with Crippen molar-refractivity contribution in [2.24, 2.45) is 0 Å². The summed E-state index contributed by atoms with van der Waals surface area (Å²) in [4.78, 5) is 56.3. The van der Waals surface area contributed by atoms with Gasteiger partial charge in [0.15, 0.2) is 0 Å². The summed E-state index contributed by atoms with van der Waals surface area (Å²) in [7, 11) is 0. The summed E-state index contributed by atoms with van der Waals surface area (Å²) in [5.41, 5.74) is 3.29. The number of carbonyl (C=O) groups excluding carboxylic acids is 4. The second-order valence-electron chi connectivity index (χ2n) is 11.4. The number of aromatic nitrogens is 2. The summed E-state index contributed by atoms with van der Waals surface area (Å²) in [6.07, 6.45) is 0. The van der Waals surface area contributed by atoms with Gasteiger partial charge in [0, 0.05) is 10.9 Å². The van der Waals surface area contributed by atoms with Gasteiger partial charge in [-0.05, 0) is 81.9 Å². The van der Waals surface area contributed by atoms with Gasteiger partial charge in [-0.25, -0.2) is 4.90 Å². The molecule has 47 heavy (non-hydrogen) atoms. The number of fused-ring (bicyclic) bond motifs is 4. The van der Waals surface area contributed by atoms with Gasteiger partial charge in [-0.3, -0.25) is 19.2 Å². The first-order valence-electron chi connectivity index (χ1n) is 14.8. The fraction of sp³-hybridized carbons (Fsp3) is 0. The van der Waals surface area contributed by atoms with Crippen LogP contribution in [0.2, 0.25) is 0 Å². The summed E-state index contributed by atoms with van der Waals surface area (Å²) in [5.74, 6) is -1.83. The lowest BCUT2D eigenvalue weighted by molar-refractivity contribution is 0.0906. The largest absolute Gasteiger partial charge is 0.403 e. The molecule has 0 radical (unpaired) electrons. The van der Waals surface area contributed by atoms with Crippen LogP contribution in [0.3, 0.4) is 0 Å². The molecule has 9 nitrogen and oxygen atoms in total. The Bertz CT molecular complexity index is 2520. The van der Waals surface area contributed by atoms with E-state index in [2.05, 4.69) is 10.2 Å². The Balaban J connectivity index is 1.05. The van der Waals surface area contributed by atoms with Crippen molar-refractivity contribution in [3.63, 3.8) is 0 Å². The van der Waals surface area contributed by atoms with Crippen LogP contribution in [-0.2, 0) is 0 Å². The number of imide groups is 2. The summed E-state index contributed by atoms with van der Waals surface area (Å²) in [6, 6.07) is 36.3. The number of benzene rings is 6. The molecule has 4 amide bonds. The molecular formula is C38H20N4O5. The first kappa shape index (κ1) is 26.6. The third-order valence-corrected chi connectivity index (χ3v) is 8.70. The van der Waals surface area contributed by atoms with Gasteiger partial charge in [0.05, 0.1) is 27.9 Å². The van der Waals surface area contributed by atoms with E-state index in [1.807, 2.05) is 66.7 Å². The highest BCUT2D eigenvalue weighted by atomic mass is 16.4. The molecule has 6 aromatic carbocycles. The molecule has 0 atom stereocenters. The van der Waals surface area contributed by atoms with Gasteiger partial charge >= 0.3 is 6.01 Å². The predicted molar refractivity (Wildman–Crippen MR) is 175 cm³/mol. The van der Waals surface area contributed by atoms with Crippen LogP contribution >= 0.6 is 0 Å². The third kappa shape index (κ3) is 3.96. The highest BCUT2D eigenvalue weighted by Crippen LogP contribution is 2.38. The van der Waals surface area contributed by atoms with E-state index in [1.54, 1.807) is 54.6 Å². The van der Waals surface area contributed by atoms with Gasteiger partial charge in [-0.15, -0.1) is 5.10 Å². The van der Waals surface area contributed by atoms with E-state index in [9.17, 15) is 19.2 Å². The maximum atomic E-state index is 13.9. The standard InChI is InChI=1S/C38H20N4O5/c43-34-27-15-13-24(19-30(27)36(45)41(34)32-12-6-11-26-17-22-9-4-5-10-23(22)18-29(26)32)25-14-16-28-31(20-25)37(46)42(35(28)44)38-40-39-33(47-38)21-7-2-1-3-8-21/h1-20H. The molecule has 2 aliphatic rings. The van der Waals surface area contributed by atoms with Crippen molar-refractivity contribution >= 4 is 56.9 Å². The summed E-state index contributed by atoms with van der Waals surface area (Å²) in [6.45, 7) is 0. The maximum absolute atomic E-state index is 13.9. The first-order chi connectivity index (χ1) is 23.0. The average molecular weight is 613 g/mol. The van der Waals surface area contributed by atoms with Crippen LogP contribution < -0.4 is 9.80 Å². The van der Waals surface area contributed by atoms with Gasteiger partial charge in [0.25, 0.3) is 23.6 Å². The maximum Gasteiger partial charge on any atom is 0.332 e. The number of nitrogens with zero attached hydrogens (tertiary/aromatic N) is 4. The fourth-order valence-electron chi connectivity index (χ4n) is 6.38. The van der Waals surface area contributed by atoms with Crippen molar-refractivity contribution in [3.8, 4) is 22.6 Å². The minimum Gasteiger partial charge on any atom is -0.403 e. The van der Waals surface area contributed by atoms with E-state index in [4.69, 9.17) is 4.42 Å². The van der Waals surface area contributed by atoms with Gasteiger partial charge in [-0.2, -0.15) is 4.90 Å².